The molecule has 8 heteroatoms. The van der Waals surface area contributed by atoms with Gasteiger partial charge in [0.2, 0.25) is 5.95 Å². The lowest BCUT2D eigenvalue weighted by atomic mass is 10.3. The minimum absolute atomic E-state index is 0.0670. The molecule has 0 aliphatic rings. The summed E-state index contributed by atoms with van der Waals surface area (Å²) in [4.78, 5) is 7.32. The highest BCUT2D eigenvalue weighted by Crippen LogP contribution is 2.29. The predicted octanol–water partition coefficient (Wildman–Crippen LogP) is 3.21. The Bertz CT molecular complexity index is 539. The van der Waals surface area contributed by atoms with E-state index in [9.17, 15) is 13.2 Å². The van der Waals surface area contributed by atoms with Crippen LogP contribution in [0, 0.1) is 0 Å². The minimum Gasteiger partial charge on any atom is -0.366 e. The van der Waals surface area contributed by atoms with E-state index in [4.69, 9.17) is 0 Å². The fraction of sp³-hybridized carbons (Fsp3) is 0.273. The highest BCUT2D eigenvalue weighted by atomic mass is 32.1. The van der Waals surface area contributed by atoms with Gasteiger partial charge >= 0.3 is 6.18 Å². The summed E-state index contributed by atoms with van der Waals surface area (Å²) < 4.78 is 38.0. The molecule has 102 valence electrons. The van der Waals surface area contributed by atoms with E-state index in [-0.39, 0.29) is 11.8 Å². The van der Waals surface area contributed by atoms with E-state index >= 15 is 0 Å². The van der Waals surface area contributed by atoms with Crippen molar-refractivity contribution in [1.82, 2.24) is 9.97 Å². The largest absolute Gasteiger partial charge is 0.433 e. The molecule has 0 spiro atoms. The predicted molar refractivity (Wildman–Crippen MR) is 68.2 cm³/mol. The summed E-state index contributed by atoms with van der Waals surface area (Å²) in [6.45, 7) is 0.418. The topological polar surface area (TPSA) is 49.8 Å². The van der Waals surface area contributed by atoms with Crippen LogP contribution in [0.1, 0.15) is 11.3 Å². The highest BCUT2D eigenvalue weighted by Gasteiger charge is 2.33. The number of aromatic nitrogens is 2. The first kappa shape index (κ1) is 13.6. The Morgan fingerprint density at radius 2 is 2.11 bits per heavy atom. The summed E-state index contributed by atoms with van der Waals surface area (Å²) in [6, 6.07) is 2.79. The van der Waals surface area contributed by atoms with Crippen molar-refractivity contribution in [3.63, 3.8) is 0 Å². The second kappa shape index (κ2) is 5.43. The summed E-state index contributed by atoms with van der Waals surface area (Å²) in [5.41, 5.74) is 0.0165. The van der Waals surface area contributed by atoms with Crippen molar-refractivity contribution in [3.05, 3.63) is 34.2 Å². The Labute approximate surface area is 111 Å². The van der Waals surface area contributed by atoms with Gasteiger partial charge in [-0.25, -0.2) is 4.98 Å². The van der Waals surface area contributed by atoms with Crippen LogP contribution in [0.5, 0.6) is 0 Å². The normalized spacial score (nSPS) is 11.4. The standard InChI is InChI=1S/C11H11F3N4S/c1-15-10-17-8(11(12,13)14)4-9(18-10)16-5-7-2-3-19-6-7/h2-4,6H,5H2,1H3,(H2,15,16,17,18). The number of rotatable bonds is 4. The molecular weight excluding hydrogens is 277 g/mol. The maximum atomic E-state index is 12.7. The van der Waals surface area contributed by atoms with Gasteiger partial charge in [-0.3, -0.25) is 0 Å². The molecule has 2 rings (SSSR count). The van der Waals surface area contributed by atoms with Gasteiger partial charge in [-0.2, -0.15) is 29.5 Å². The molecule has 0 bridgehead atoms. The Morgan fingerprint density at radius 3 is 2.68 bits per heavy atom. The fourth-order valence-electron chi connectivity index (χ4n) is 1.38. The van der Waals surface area contributed by atoms with Crippen molar-refractivity contribution >= 4 is 23.1 Å². The van der Waals surface area contributed by atoms with E-state index in [1.54, 1.807) is 0 Å². The van der Waals surface area contributed by atoms with Gasteiger partial charge in [-0.15, -0.1) is 0 Å². The summed E-state index contributed by atoms with van der Waals surface area (Å²) in [7, 11) is 1.47. The van der Waals surface area contributed by atoms with E-state index in [0.29, 0.717) is 6.54 Å². The summed E-state index contributed by atoms with van der Waals surface area (Å²) in [5.74, 6) is 0.0699. The zero-order valence-electron chi connectivity index (χ0n) is 9.95. The highest BCUT2D eigenvalue weighted by molar-refractivity contribution is 7.07. The summed E-state index contributed by atoms with van der Waals surface area (Å²) in [5, 5.41) is 9.18. The van der Waals surface area contributed by atoms with E-state index in [2.05, 4.69) is 20.6 Å². The van der Waals surface area contributed by atoms with Gasteiger partial charge in [-0.1, -0.05) is 0 Å². The van der Waals surface area contributed by atoms with Crippen LogP contribution in [0.2, 0.25) is 0 Å². The van der Waals surface area contributed by atoms with E-state index in [1.165, 1.54) is 18.4 Å². The molecular formula is C11H11F3N4S. The molecule has 0 saturated heterocycles. The van der Waals surface area contributed by atoms with Crippen molar-refractivity contribution in [2.75, 3.05) is 17.7 Å². The number of halogens is 3. The first-order chi connectivity index (χ1) is 8.99. The Balaban J connectivity index is 2.19. The first-order valence-electron chi connectivity index (χ1n) is 5.38. The van der Waals surface area contributed by atoms with Gasteiger partial charge in [0.05, 0.1) is 0 Å². The van der Waals surface area contributed by atoms with E-state index in [1.807, 2.05) is 16.8 Å². The summed E-state index contributed by atoms with van der Waals surface area (Å²) in [6.07, 6.45) is -4.49. The number of nitrogens with one attached hydrogen (secondary N) is 2. The molecule has 0 atom stereocenters. The number of thiophene rings is 1. The van der Waals surface area contributed by atoms with Gasteiger partial charge < -0.3 is 10.6 Å². The van der Waals surface area contributed by atoms with Crippen LogP contribution in [-0.2, 0) is 12.7 Å². The minimum atomic E-state index is -4.49. The van der Waals surface area contributed by atoms with Crippen molar-refractivity contribution in [3.8, 4) is 0 Å². The number of nitrogens with zero attached hydrogens (tertiary/aromatic N) is 2. The molecule has 0 radical (unpaired) electrons. The zero-order chi connectivity index (χ0) is 13.9. The molecule has 2 aromatic rings. The molecule has 0 saturated carbocycles. The summed E-state index contributed by atoms with van der Waals surface area (Å²) >= 11 is 1.52. The molecule has 0 fully saturated rings. The van der Waals surface area contributed by atoms with Crippen LogP contribution in [0.3, 0.4) is 0 Å². The third kappa shape index (κ3) is 3.57. The average molecular weight is 288 g/mol. The lowest BCUT2D eigenvalue weighted by Gasteiger charge is -2.11. The lowest BCUT2D eigenvalue weighted by molar-refractivity contribution is -0.141. The molecule has 0 amide bonds. The molecule has 2 heterocycles. The van der Waals surface area contributed by atoms with Crippen LogP contribution in [-0.4, -0.2) is 17.0 Å². The Kier molecular flexibility index (Phi) is 3.89. The number of alkyl halides is 3. The van der Waals surface area contributed by atoms with Crippen LogP contribution >= 0.6 is 11.3 Å². The lowest BCUT2D eigenvalue weighted by Crippen LogP contribution is -2.12. The second-order valence-electron chi connectivity index (χ2n) is 3.69. The second-order valence-corrected chi connectivity index (χ2v) is 4.47. The molecule has 0 aliphatic carbocycles. The van der Waals surface area contributed by atoms with Gasteiger partial charge in [0, 0.05) is 19.7 Å². The average Bonchev–Trinajstić information content (AvgIpc) is 2.88. The van der Waals surface area contributed by atoms with E-state index in [0.717, 1.165) is 11.6 Å². The molecule has 4 nitrogen and oxygen atoms in total. The van der Waals surface area contributed by atoms with Crippen LogP contribution in [0.25, 0.3) is 0 Å². The molecule has 0 aromatic carbocycles. The zero-order valence-corrected chi connectivity index (χ0v) is 10.8. The third-order valence-corrected chi connectivity index (χ3v) is 3.03. The van der Waals surface area contributed by atoms with Gasteiger partial charge in [0.15, 0.2) is 5.69 Å². The van der Waals surface area contributed by atoms with Crippen molar-refractivity contribution < 1.29 is 13.2 Å². The van der Waals surface area contributed by atoms with Crippen LogP contribution < -0.4 is 10.6 Å². The maximum absolute atomic E-state index is 12.7. The Morgan fingerprint density at radius 1 is 1.32 bits per heavy atom. The van der Waals surface area contributed by atoms with Crippen molar-refractivity contribution in [2.24, 2.45) is 0 Å². The first-order valence-corrected chi connectivity index (χ1v) is 6.32. The van der Waals surface area contributed by atoms with E-state index < -0.39 is 11.9 Å². The van der Waals surface area contributed by atoms with Crippen LogP contribution in [0.4, 0.5) is 24.9 Å². The molecule has 2 N–H and O–H groups in total. The molecule has 19 heavy (non-hydrogen) atoms. The molecule has 0 aliphatic heterocycles. The quantitative estimate of drug-likeness (QED) is 0.907. The van der Waals surface area contributed by atoms with Crippen LogP contribution in [0.15, 0.2) is 22.9 Å². The third-order valence-electron chi connectivity index (χ3n) is 2.29. The SMILES string of the molecule is CNc1nc(NCc2ccsc2)cc(C(F)(F)F)n1. The molecule has 2 aromatic heterocycles. The number of hydrogen-bond donors (Lipinski definition) is 2. The monoisotopic (exact) mass is 288 g/mol. The fourth-order valence-corrected chi connectivity index (χ4v) is 2.05. The van der Waals surface area contributed by atoms with Gasteiger partial charge in [-0.05, 0) is 22.4 Å². The number of anilines is 2. The Hall–Kier alpha value is -1.83. The number of hydrogen-bond acceptors (Lipinski definition) is 5. The molecule has 0 unspecified atom stereocenters. The maximum Gasteiger partial charge on any atom is 0.433 e. The van der Waals surface area contributed by atoms with Gasteiger partial charge in [0.25, 0.3) is 0 Å². The van der Waals surface area contributed by atoms with Crippen molar-refractivity contribution in [1.29, 1.82) is 0 Å². The van der Waals surface area contributed by atoms with Crippen molar-refractivity contribution in [2.45, 2.75) is 12.7 Å². The smallest absolute Gasteiger partial charge is 0.366 e. The van der Waals surface area contributed by atoms with Gasteiger partial charge in [0.1, 0.15) is 5.82 Å².